The number of carbonyl (C=O) groups is 1. The quantitative estimate of drug-likeness (QED) is 0.406. The molecule has 7 heavy (non-hydrogen) atoms. The van der Waals surface area contributed by atoms with Gasteiger partial charge in [-0.25, -0.2) is 4.79 Å². The first-order valence-corrected chi connectivity index (χ1v) is 0.651. The van der Waals surface area contributed by atoms with Crippen LogP contribution < -0.4 is 0 Å². The van der Waals surface area contributed by atoms with Gasteiger partial charge in [0.05, 0.1) is 0 Å². The van der Waals surface area contributed by atoms with Crippen LogP contribution in [0.5, 0.6) is 0 Å². The number of carboxylic acid groups (broad SMARTS) is 2. The Morgan fingerprint density at radius 3 is 1.14 bits per heavy atom. The van der Waals surface area contributed by atoms with Gasteiger partial charge in [0.2, 0.25) is 0 Å². The van der Waals surface area contributed by atoms with Gasteiger partial charge in [0.15, 0.2) is 0 Å². The van der Waals surface area contributed by atoms with Crippen LogP contribution in [-0.4, -0.2) is 125 Å². The van der Waals surface area contributed by atoms with Crippen molar-refractivity contribution in [1.82, 2.24) is 0 Å². The van der Waals surface area contributed by atoms with E-state index in [9.17, 15) is 0 Å². The summed E-state index contributed by atoms with van der Waals surface area (Å²) < 4.78 is 0. The summed E-state index contributed by atoms with van der Waals surface area (Å²) in [6.45, 7) is 0. The Hall–Kier alpha value is 2.50. The van der Waals surface area contributed by atoms with Crippen LogP contribution in [-0.2, 0) is 0 Å². The minimum absolute atomic E-state index is 0. The van der Waals surface area contributed by atoms with Gasteiger partial charge in [0, 0.05) is 0 Å². The van der Waals surface area contributed by atoms with E-state index < -0.39 is 6.16 Å². The zero-order valence-electron chi connectivity index (χ0n) is 2.30. The Bertz CT molecular complexity index is 32.7. The second-order valence-electron chi connectivity index (χ2n) is 0.283. The van der Waals surface area contributed by atoms with Crippen molar-refractivity contribution in [3.8, 4) is 0 Å². The molecule has 0 spiro atoms. The molecular formula is CH6K2O4. The predicted octanol–water partition coefficient (Wildman–Crippen LogP) is -1.90. The molecule has 0 aromatic rings. The van der Waals surface area contributed by atoms with E-state index in [0.717, 1.165) is 0 Å². The average Bonchev–Trinajstić information content (AvgIpc) is 0.811. The first-order valence-electron chi connectivity index (χ1n) is 0.651. The molecule has 0 atom stereocenters. The van der Waals surface area contributed by atoms with Crippen LogP contribution in [0.25, 0.3) is 0 Å². The molecule has 4 N–H and O–H groups in total. The van der Waals surface area contributed by atoms with E-state index >= 15 is 0 Å². The van der Waals surface area contributed by atoms with Crippen molar-refractivity contribution >= 4 is 109 Å². The molecule has 0 aromatic carbocycles. The van der Waals surface area contributed by atoms with E-state index in [-0.39, 0.29) is 108 Å². The summed E-state index contributed by atoms with van der Waals surface area (Å²) in [5, 5.41) is 13.9. The van der Waals surface area contributed by atoms with Gasteiger partial charge >= 0.3 is 109 Å². The normalized spacial score (nSPS) is 3.43. The van der Waals surface area contributed by atoms with Gasteiger partial charge in [-0.05, 0) is 0 Å². The molecule has 0 saturated heterocycles. The van der Waals surface area contributed by atoms with Gasteiger partial charge < -0.3 is 15.7 Å². The predicted molar refractivity (Wildman–Crippen MR) is 28.6 cm³/mol. The summed E-state index contributed by atoms with van der Waals surface area (Å²) in [5.41, 5.74) is 0. The Morgan fingerprint density at radius 2 is 1.14 bits per heavy atom. The van der Waals surface area contributed by atoms with Gasteiger partial charge in [-0.2, -0.15) is 0 Å². The van der Waals surface area contributed by atoms with E-state index in [1.54, 1.807) is 0 Å². The molecule has 0 saturated carbocycles. The molecule has 0 aromatic heterocycles. The van der Waals surface area contributed by atoms with Crippen molar-refractivity contribution in [3.63, 3.8) is 0 Å². The SMILES string of the molecule is O.O=C(O)O.[KH].[KH]. The molecule has 0 bridgehead atoms. The number of hydrogen-bond donors (Lipinski definition) is 2. The monoisotopic (exact) mass is 160 g/mol. The van der Waals surface area contributed by atoms with Crippen molar-refractivity contribution in [2.75, 3.05) is 0 Å². The third-order valence-electron chi connectivity index (χ3n) is 0. The fourth-order valence-corrected chi connectivity index (χ4v) is 0. The first-order chi connectivity index (χ1) is 1.73. The van der Waals surface area contributed by atoms with E-state index in [1.807, 2.05) is 0 Å². The first kappa shape index (κ1) is 22.7. The third kappa shape index (κ3) is 57.4. The molecule has 6 heteroatoms. The Labute approximate surface area is 126 Å². The van der Waals surface area contributed by atoms with Crippen LogP contribution in [0.4, 0.5) is 4.79 Å². The summed E-state index contributed by atoms with van der Waals surface area (Å²) in [6.07, 6.45) is -1.83. The molecule has 0 rings (SSSR count). The maximum absolute atomic E-state index is 8.56. The molecule has 36 valence electrons. The summed E-state index contributed by atoms with van der Waals surface area (Å²) in [7, 11) is 0. The van der Waals surface area contributed by atoms with Gasteiger partial charge in [0.1, 0.15) is 0 Å². The fourth-order valence-electron chi connectivity index (χ4n) is 0. The van der Waals surface area contributed by atoms with Gasteiger partial charge in [-0.1, -0.05) is 0 Å². The Morgan fingerprint density at radius 1 is 1.14 bits per heavy atom. The third-order valence-corrected chi connectivity index (χ3v) is 0. The summed E-state index contributed by atoms with van der Waals surface area (Å²) in [6, 6.07) is 0. The maximum atomic E-state index is 8.56. The topological polar surface area (TPSA) is 89.0 Å². The second kappa shape index (κ2) is 15.8. The molecule has 0 aliphatic carbocycles. The molecule has 0 aliphatic rings. The molecule has 0 amide bonds. The number of rotatable bonds is 0. The summed E-state index contributed by atoms with van der Waals surface area (Å²) in [4.78, 5) is 8.56. The standard InChI is InChI=1S/CH2O3.2K.H2O.2H/c2-1(3)4;;;;;/h(H2,2,3,4);;;1H2;;. The van der Waals surface area contributed by atoms with E-state index in [4.69, 9.17) is 15.0 Å². The van der Waals surface area contributed by atoms with Gasteiger partial charge in [-0.15, -0.1) is 0 Å². The molecule has 0 radical (unpaired) electrons. The summed E-state index contributed by atoms with van der Waals surface area (Å²) in [5.74, 6) is 0. The van der Waals surface area contributed by atoms with Crippen molar-refractivity contribution in [2.45, 2.75) is 0 Å². The van der Waals surface area contributed by atoms with Crippen molar-refractivity contribution < 1.29 is 20.5 Å². The minimum atomic E-state index is -1.83. The zero-order chi connectivity index (χ0) is 3.58. The Kier molecular flexibility index (Phi) is 51.2. The van der Waals surface area contributed by atoms with Crippen molar-refractivity contribution in [3.05, 3.63) is 0 Å². The van der Waals surface area contributed by atoms with E-state index in [2.05, 4.69) is 0 Å². The zero-order valence-corrected chi connectivity index (χ0v) is 2.30. The molecule has 0 heterocycles. The summed E-state index contributed by atoms with van der Waals surface area (Å²) >= 11 is 0. The molecule has 0 unspecified atom stereocenters. The molecule has 4 nitrogen and oxygen atoms in total. The van der Waals surface area contributed by atoms with Crippen LogP contribution in [0, 0.1) is 0 Å². The second-order valence-corrected chi connectivity index (χ2v) is 0.283. The van der Waals surface area contributed by atoms with E-state index in [0.29, 0.717) is 0 Å². The van der Waals surface area contributed by atoms with E-state index in [1.165, 1.54) is 0 Å². The molecular weight excluding hydrogens is 154 g/mol. The molecule has 0 fully saturated rings. The van der Waals surface area contributed by atoms with Gasteiger partial charge in [0.25, 0.3) is 0 Å². The van der Waals surface area contributed by atoms with Crippen LogP contribution >= 0.6 is 0 Å². The van der Waals surface area contributed by atoms with Crippen LogP contribution in [0.3, 0.4) is 0 Å². The Balaban J connectivity index is -0.0000000150. The number of hydrogen-bond acceptors (Lipinski definition) is 1. The van der Waals surface area contributed by atoms with Crippen LogP contribution in [0.1, 0.15) is 0 Å². The fraction of sp³-hybridized carbons (Fsp3) is 0. The average molecular weight is 160 g/mol. The van der Waals surface area contributed by atoms with Crippen LogP contribution in [0.15, 0.2) is 0 Å². The van der Waals surface area contributed by atoms with Crippen molar-refractivity contribution in [2.24, 2.45) is 0 Å². The van der Waals surface area contributed by atoms with Crippen molar-refractivity contribution in [1.29, 1.82) is 0 Å². The van der Waals surface area contributed by atoms with Gasteiger partial charge in [-0.3, -0.25) is 0 Å². The molecule has 0 aliphatic heterocycles. The van der Waals surface area contributed by atoms with Crippen LogP contribution in [0.2, 0.25) is 0 Å².